The summed E-state index contributed by atoms with van der Waals surface area (Å²) in [4.78, 5) is 28.3. The van der Waals surface area contributed by atoms with Crippen molar-refractivity contribution in [3.8, 4) is 0 Å². The topological polar surface area (TPSA) is 86.8 Å². The van der Waals surface area contributed by atoms with Gasteiger partial charge in [-0.3, -0.25) is 14.5 Å². The van der Waals surface area contributed by atoms with Gasteiger partial charge in [-0.15, -0.1) is 11.3 Å². The number of carbonyl (C=O) groups is 2. The highest BCUT2D eigenvalue weighted by molar-refractivity contribution is 7.91. The Morgan fingerprint density at radius 1 is 1.26 bits per heavy atom. The van der Waals surface area contributed by atoms with Gasteiger partial charge in [0, 0.05) is 26.1 Å². The molecule has 0 aliphatic carbocycles. The molecule has 3 rings (SSSR count). The van der Waals surface area contributed by atoms with E-state index in [4.69, 9.17) is 0 Å². The number of carbonyl (C=O) groups excluding carboxylic acids is 2. The van der Waals surface area contributed by atoms with Crippen LogP contribution >= 0.6 is 11.3 Å². The van der Waals surface area contributed by atoms with Crippen molar-refractivity contribution in [1.29, 1.82) is 0 Å². The number of rotatable bonds is 2. The van der Waals surface area contributed by atoms with E-state index >= 15 is 0 Å². The van der Waals surface area contributed by atoms with Crippen LogP contribution in [0.5, 0.6) is 0 Å². The second kappa shape index (κ2) is 5.88. The van der Waals surface area contributed by atoms with Crippen molar-refractivity contribution < 1.29 is 18.0 Å². The fourth-order valence-corrected chi connectivity index (χ4v) is 6.13. The fourth-order valence-electron chi connectivity index (χ4n) is 3.27. The first-order valence-electron chi connectivity index (χ1n) is 7.35. The Hall–Kier alpha value is -1.45. The van der Waals surface area contributed by atoms with Crippen molar-refractivity contribution in [2.24, 2.45) is 0 Å². The van der Waals surface area contributed by atoms with Gasteiger partial charge < -0.3 is 10.2 Å². The number of likely N-dealkylation sites (N-methyl/N-ethyl adjacent to an activating group) is 1. The smallest absolute Gasteiger partial charge is 0.266 e. The molecule has 0 spiro atoms. The Bertz CT molecular complexity index is 743. The molecule has 2 aliphatic heterocycles. The van der Waals surface area contributed by atoms with Gasteiger partial charge in [-0.05, 0) is 18.5 Å². The summed E-state index contributed by atoms with van der Waals surface area (Å²) in [5, 5.41) is 4.40. The molecule has 126 valence electrons. The normalized spacial score (nSPS) is 26.8. The molecular weight excluding hydrogens is 338 g/mol. The quantitative estimate of drug-likeness (QED) is 0.820. The summed E-state index contributed by atoms with van der Waals surface area (Å²) < 4.78 is 24.0. The van der Waals surface area contributed by atoms with Gasteiger partial charge in [0.15, 0.2) is 9.84 Å². The van der Waals surface area contributed by atoms with Gasteiger partial charge in [0.25, 0.3) is 5.91 Å². The number of nitrogens with zero attached hydrogens (tertiary/aromatic N) is 2. The average Bonchev–Trinajstić information content (AvgIpc) is 3.01. The lowest BCUT2D eigenvalue weighted by atomic mass is 10.1. The van der Waals surface area contributed by atoms with E-state index in [0.29, 0.717) is 23.7 Å². The van der Waals surface area contributed by atoms with Gasteiger partial charge in [-0.2, -0.15) is 0 Å². The van der Waals surface area contributed by atoms with Crippen LogP contribution in [0.25, 0.3) is 0 Å². The Morgan fingerprint density at radius 3 is 2.65 bits per heavy atom. The van der Waals surface area contributed by atoms with Crippen LogP contribution in [0, 0.1) is 0 Å². The van der Waals surface area contributed by atoms with Gasteiger partial charge in [-0.25, -0.2) is 8.42 Å². The summed E-state index contributed by atoms with van der Waals surface area (Å²) in [5.74, 6) is -0.337. The van der Waals surface area contributed by atoms with E-state index in [1.807, 2.05) is 11.9 Å². The second-order valence-electron chi connectivity index (χ2n) is 6.04. The zero-order valence-corrected chi connectivity index (χ0v) is 14.6. The molecule has 0 saturated carbocycles. The molecule has 1 N–H and O–H groups in total. The predicted octanol–water partition coefficient (Wildman–Crippen LogP) is 0.260. The molecule has 0 radical (unpaired) electrons. The molecule has 2 amide bonds. The van der Waals surface area contributed by atoms with Crippen LogP contribution in [0.2, 0.25) is 0 Å². The highest BCUT2D eigenvalue weighted by atomic mass is 32.2. The monoisotopic (exact) mass is 357 g/mol. The molecule has 0 aromatic carbocycles. The van der Waals surface area contributed by atoms with Crippen molar-refractivity contribution >= 4 is 38.7 Å². The maximum Gasteiger partial charge on any atom is 0.266 e. The third-order valence-corrected chi connectivity index (χ3v) is 6.99. The molecule has 2 aliphatic rings. The molecule has 23 heavy (non-hydrogen) atoms. The fraction of sp³-hybridized carbons (Fsp3) is 0.571. The SMILES string of the molecule is CC(=O)Nc1ccsc1C(=O)N1CCN(C)C2CS(=O)(=O)CC21. The Morgan fingerprint density at radius 2 is 1.96 bits per heavy atom. The summed E-state index contributed by atoms with van der Waals surface area (Å²) in [5.41, 5.74) is 0.490. The zero-order chi connectivity index (χ0) is 16.8. The minimum atomic E-state index is -3.13. The van der Waals surface area contributed by atoms with E-state index in [1.165, 1.54) is 18.3 Å². The van der Waals surface area contributed by atoms with E-state index in [0.717, 1.165) is 0 Å². The van der Waals surface area contributed by atoms with Gasteiger partial charge >= 0.3 is 0 Å². The Kier molecular flexibility index (Phi) is 4.19. The van der Waals surface area contributed by atoms with E-state index in [9.17, 15) is 18.0 Å². The Labute approximate surface area is 139 Å². The van der Waals surface area contributed by atoms with Crippen LogP contribution in [0.15, 0.2) is 11.4 Å². The minimum Gasteiger partial charge on any atom is -0.331 e. The molecule has 7 nitrogen and oxygen atoms in total. The number of piperazine rings is 1. The minimum absolute atomic E-state index is 0.00852. The molecule has 2 unspecified atom stereocenters. The van der Waals surface area contributed by atoms with Crippen LogP contribution in [0.3, 0.4) is 0 Å². The molecule has 1 aromatic heterocycles. The van der Waals surface area contributed by atoms with Gasteiger partial charge in [0.1, 0.15) is 4.88 Å². The van der Waals surface area contributed by atoms with E-state index in [2.05, 4.69) is 5.32 Å². The first-order valence-corrected chi connectivity index (χ1v) is 10.1. The number of amides is 2. The van der Waals surface area contributed by atoms with E-state index in [-0.39, 0.29) is 35.4 Å². The number of thiophene rings is 1. The van der Waals surface area contributed by atoms with Crippen molar-refractivity contribution in [3.05, 3.63) is 16.3 Å². The van der Waals surface area contributed by atoms with Crippen molar-refractivity contribution in [1.82, 2.24) is 9.80 Å². The van der Waals surface area contributed by atoms with Gasteiger partial charge in [-0.1, -0.05) is 0 Å². The summed E-state index contributed by atoms with van der Waals surface area (Å²) in [6.07, 6.45) is 0. The van der Waals surface area contributed by atoms with Crippen LogP contribution in [0.1, 0.15) is 16.6 Å². The van der Waals surface area contributed by atoms with Gasteiger partial charge in [0.05, 0.1) is 23.2 Å². The summed E-state index contributed by atoms with van der Waals surface area (Å²) >= 11 is 1.26. The molecule has 1 aromatic rings. The number of nitrogens with one attached hydrogen (secondary N) is 1. The second-order valence-corrected chi connectivity index (χ2v) is 9.11. The standard InChI is InChI=1S/C14H19N3O4S2/c1-9(18)15-10-3-6-22-13(10)14(19)17-5-4-16(2)11-7-23(20,21)8-12(11)17/h3,6,11-12H,4-5,7-8H2,1-2H3,(H,15,18). The largest absolute Gasteiger partial charge is 0.331 e. The van der Waals surface area contributed by atoms with E-state index < -0.39 is 9.84 Å². The molecule has 2 atom stereocenters. The molecule has 0 bridgehead atoms. The van der Waals surface area contributed by atoms with Crippen LogP contribution in [-0.4, -0.2) is 73.8 Å². The lowest BCUT2D eigenvalue weighted by Crippen LogP contribution is -2.59. The van der Waals surface area contributed by atoms with Crippen LogP contribution < -0.4 is 5.32 Å². The highest BCUT2D eigenvalue weighted by Crippen LogP contribution is 2.30. The maximum atomic E-state index is 12.9. The van der Waals surface area contributed by atoms with Crippen LogP contribution in [0.4, 0.5) is 5.69 Å². The van der Waals surface area contributed by atoms with Crippen molar-refractivity contribution in [3.63, 3.8) is 0 Å². The molecule has 2 saturated heterocycles. The number of fused-ring (bicyclic) bond motifs is 1. The lowest BCUT2D eigenvalue weighted by molar-refractivity contribution is -0.114. The molecule has 2 fully saturated rings. The van der Waals surface area contributed by atoms with Crippen molar-refractivity contribution in [2.45, 2.75) is 19.0 Å². The predicted molar refractivity (Wildman–Crippen MR) is 88.5 cm³/mol. The highest BCUT2D eigenvalue weighted by Gasteiger charge is 2.47. The average molecular weight is 357 g/mol. The maximum absolute atomic E-state index is 12.9. The first kappa shape index (κ1) is 16.4. The summed E-state index contributed by atoms with van der Waals surface area (Å²) in [6, 6.07) is 1.22. The zero-order valence-electron chi connectivity index (χ0n) is 13.0. The van der Waals surface area contributed by atoms with Gasteiger partial charge in [0.2, 0.25) is 5.91 Å². The molecular formula is C14H19N3O4S2. The van der Waals surface area contributed by atoms with Crippen LogP contribution in [-0.2, 0) is 14.6 Å². The molecule has 9 heteroatoms. The molecule has 3 heterocycles. The number of hydrogen-bond acceptors (Lipinski definition) is 6. The first-order chi connectivity index (χ1) is 10.8. The number of hydrogen-bond donors (Lipinski definition) is 1. The van der Waals surface area contributed by atoms with E-state index in [1.54, 1.807) is 16.3 Å². The summed E-state index contributed by atoms with van der Waals surface area (Å²) in [6.45, 7) is 2.52. The third-order valence-electron chi connectivity index (χ3n) is 4.38. The van der Waals surface area contributed by atoms with Crippen molar-refractivity contribution in [2.75, 3.05) is 37.0 Å². The third kappa shape index (κ3) is 3.13. The lowest BCUT2D eigenvalue weighted by Gasteiger charge is -2.42. The summed E-state index contributed by atoms with van der Waals surface area (Å²) in [7, 11) is -1.23. The number of sulfone groups is 1. The number of anilines is 1. The Balaban J connectivity index is 1.88.